The summed E-state index contributed by atoms with van der Waals surface area (Å²) in [5.41, 5.74) is 2.88. The van der Waals surface area contributed by atoms with Gasteiger partial charge in [-0.1, -0.05) is 31.5 Å². The third-order valence-corrected chi connectivity index (χ3v) is 3.59. The Morgan fingerprint density at radius 2 is 1.95 bits per heavy atom. The SMILES string of the molecule is CCCCOc1c(OC)cccc1-c1nc2ccccc2[nH]1. The smallest absolute Gasteiger partial charge is 0.172 e. The number of unbranched alkanes of at least 4 members (excludes halogenated alkanes) is 1. The van der Waals surface area contributed by atoms with Gasteiger partial charge in [0.15, 0.2) is 11.5 Å². The summed E-state index contributed by atoms with van der Waals surface area (Å²) in [6.07, 6.45) is 2.10. The average molecular weight is 296 g/mol. The molecule has 1 heterocycles. The Balaban J connectivity index is 2.04. The lowest BCUT2D eigenvalue weighted by atomic mass is 10.1. The number of benzene rings is 2. The second kappa shape index (κ2) is 6.52. The number of methoxy groups -OCH3 is 1. The van der Waals surface area contributed by atoms with Gasteiger partial charge in [-0.3, -0.25) is 0 Å². The molecule has 0 amide bonds. The molecule has 0 bridgehead atoms. The number of para-hydroxylation sites is 3. The van der Waals surface area contributed by atoms with E-state index >= 15 is 0 Å². The van der Waals surface area contributed by atoms with Gasteiger partial charge in [-0.15, -0.1) is 0 Å². The number of aromatic amines is 1. The Labute approximate surface area is 130 Å². The lowest BCUT2D eigenvalue weighted by molar-refractivity contribution is 0.289. The molecule has 3 rings (SSSR count). The molecule has 1 aromatic heterocycles. The van der Waals surface area contributed by atoms with Crippen LogP contribution < -0.4 is 9.47 Å². The minimum absolute atomic E-state index is 0.671. The molecule has 22 heavy (non-hydrogen) atoms. The van der Waals surface area contributed by atoms with Crippen molar-refractivity contribution in [3.05, 3.63) is 42.5 Å². The van der Waals surface area contributed by atoms with Gasteiger partial charge in [0.05, 0.1) is 30.3 Å². The molecule has 0 radical (unpaired) electrons. The van der Waals surface area contributed by atoms with Gasteiger partial charge in [-0.05, 0) is 30.7 Å². The zero-order chi connectivity index (χ0) is 15.4. The predicted molar refractivity (Wildman–Crippen MR) is 88.5 cm³/mol. The summed E-state index contributed by atoms with van der Waals surface area (Å²) in [6.45, 7) is 2.82. The van der Waals surface area contributed by atoms with Crippen LogP contribution in [0.25, 0.3) is 22.4 Å². The van der Waals surface area contributed by atoms with Gasteiger partial charge in [-0.2, -0.15) is 0 Å². The molecule has 0 atom stereocenters. The molecular formula is C18H20N2O2. The quantitative estimate of drug-likeness (QED) is 0.685. The van der Waals surface area contributed by atoms with Gasteiger partial charge >= 0.3 is 0 Å². The first-order chi connectivity index (χ1) is 10.8. The highest BCUT2D eigenvalue weighted by atomic mass is 16.5. The fraction of sp³-hybridized carbons (Fsp3) is 0.278. The summed E-state index contributed by atoms with van der Waals surface area (Å²) in [5.74, 6) is 2.28. The largest absolute Gasteiger partial charge is 0.493 e. The van der Waals surface area contributed by atoms with E-state index in [1.165, 1.54) is 0 Å². The number of hydrogen-bond acceptors (Lipinski definition) is 3. The van der Waals surface area contributed by atoms with Crippen LogP contribution in [-0.2, 0) is 0 Å². The third kappa shape index (κ3) is 2.77. The molecule has 4 heteroatoms. The highest BCUT2D eigenvalue weighted by Crippen LogP contribution is 2.37. The Bertz CT molecular complexity index is 732. The number of hydrogen-bond donors (Lipinski definition) is 1. The van der Waals surface area contributed by atoms with E-state index in [0.717, 1.165) is 46.8 Å². The number of H-pyrrole nitrogens is 1. The summed E-state index contributed by atoms with van der Waals surface area (Å²) in [7, 11) is 1.66. The molecule has 0 aliphatic carbocycles. The summed E-state index contributed by atoms with van der Waals surface area (Å²) in [6, 6.07) is 13.9. The van der Waals surface area contributed by atoms with Crippen LogP contribution in [-0.4, -0.2) is 23.7 Å². The maximum atomic E-state index is 5.96. The Kier molecular flexibility index (Phi) is 4.28. The number of imidazole rings is 1. The van der Waals surface area contributed by atoms with Crippen LogP contribution >= 0.6 is 0 Å². The van der Waals surface area contributed by atoms with Crippen LogP contribution in [0.1, 0.15) is 19.8 Å². The molecule has 3 aromatic rings. The third-order valence-electron chi connectivity index (χ3n) is 3.59. The molecule has 0 aliphatic rings. The summed E-state index contributed by atoms with van der Waals surface area (Å²) >= 11 is 0. The van der Waals surface area contributed by atoms with Gasteiger partial charge in [0.25, 0.3) is 0 Å². The average Bonchev–Trinajstić information content (AvgIpc) is 2.99. The maximum absolute atomic E-state index is 5.96. The fourth-order valence-electron chi connectivity index (χ4n) is 2.41. The molecule has 0 unspecified atom stereocenters. The van der Waals surface area contributed by atoms with Crippen LogP contribution in [0, 0.1) is 0 Å². The maximum Gasteiger partial charge on any atom is 0.172 e. The second-order valence-electron chi connectivity index (χ2n) is 5.14. The fourth-order valence-corrected chi connectivity index (χ4v) is 2.41. The molecule has 114 valence electrons. The number of nitrogens with one attached hydrogen (secondary N) is 1. The van der Waals surface area contributed by atoms with Crippen molar-refractivity contribution in [1.82, 2.24) is 9.97 Å². The normalized spacial score (nSPS) is 10.8. The van der Waals surface area contributed by atoms with Crippen LogP contribution in [0.15, 0.2) is 42.5 Å². The van der Waals surface area contributed by atoms with E-state index in [1.807, 2.05) is 42.5 Å². The van der Waals surface area contributed by atoms with Crippen molar-refractivity contribution >= 4 is 11.0 Å². The predicted octanol–water partition coefficient (Wildman–Crippen LogP) is 4.42. The van der Waals surface area contributed by atoms with Crippen LogP contribution in [0.3, 0.4) is 0 Å². The van der Waals surface area contributed by atoms with Gasteiger partial charge in [0, 0.05) is 0 Å². The Morgan fingerprint density at radius 3 is 2.73 bits per heavy atom. The van der Waals surface area contributed by atoms with Gasteiger partial charge in [-0.25, -0.2) is 4.98 Å². The van der Waals surface area contributed by atoms with Gasteiger partial charge in [0.1, 0.15) is 5.82 Å². The highest BCUT2D eigenvalue weighted by molar-refractivity contribution is 5.81. The van der Waals surface area contributed by atoms with E-state index < -0.39 is 0 Å². The topological polar surface area (TPSA) is 47.1 Å². The molecule has 1 N–H and O–H groups in total. The van der Waals surface area contributed by atoms with Crippen molar-refractivity contribution in [2.45, 2.75) is 19.8 Å². The first-order valence-electron chi connectivity index (χ1n) is 7.58. The first kappa shape index (κ1) is 14.4. The van der Waals surface area contributed by atoms with E-state index in [9.17, 15) is 0 Å². The Morgan fingerprint density at radius 1 is 1.09 bits per heavy atom. The lowest BCUT2D eigenvalue weighted by Crippen LogP contribution is -2.01. The van der Waals surface area contributed by atoms with Crippen molar-refractivity contribution in [3.8, 4) is 22.9 Å². The molecular weight excluding hydrogens is 276 g/mol. The van der Waals surface area contributed by atoms with Crippen molar-refractivity contribution in [2.75, 3.05) is 13.7 Å². The van der Waals surface area contributed by atoms with Gasteiger partial charge < -0.3 is 14.5 Å². The zero-order valence-corrected chi connectivity index (χ0v) is 12.9. The zero-order valence-electron chi connectivity index (χ0n) is 12.9. The van der Waals surface area contributed by atoms with Crippen LogP contribution in [0.2, 0.25) is 0 Å². The number of ether oxygens (including phenoxy) is 2. The Hall–Kier alpha value is -2.49. The van der Waals surface area contributed by atoms with E-state index in [1.54, 1.807) is 7.11 Å². The van der Waals surface area contributed by atoms with E-state index in [4.69, 9.17) is 9.47 Å². The van der Waals surface area contributed by atoms with Crippen LogP contribution in [0.5, 0.6) is 11.5 Å². The molecule has 2 aromatic carbocycles. The standard InChI is InChI=1S/C18H20N2O2/c1-3-4-12-22-17-13(8-7-11-16(17)21-2)18-19-14-9-5-6-10-15(14)20-18/h5-11H,3-4,12H2,1-2H3,(H,19,20). The number of rotatable bonds is 6. The first-order valence-corrected chi connectivity index (χ1v) is 7.58. The van der Waals surface area contributed by atoms with E-state index in [0.29, 0.717) is 6.61 Å². The summed E-state index contributed by atoms with van der Waals surface area (Å²) in [4.78, 5) is 8.00. The van der Waals surface area contributed by atoms with Gasteiger partial charge in [0.2, 0.25) is 0 Å². The molecule has 0 saturated heterocycles. The minimum atomic E-state index is 0.671. The number of fused-ring (bicyclic) bond motifs is 1. The summed E-state index contributed by atoms with van der Waals surface area (Å²) in [5, 5.41) is 0. The number of nitrogens with zero attached hydrogens (tertiary/aromatic N) is 1. The second-order valence-corrected chi connectivity index (χ2v) is 5.14. The van der Waals surface area contributed by atoms with Crippen molar-refractivity contribution in [1.29, 1.82) is 0 Å². The monoisotopic (exact) mass is 296 g/mol. The number of aromatic nitrogens is 2. The van der Waals surface area contributed by atoms with Crippen molar-refractivity contribution in [3.63, 3.8) is 0 Å². The molecule has 0 fully saturated rings. The van der Waals surface area contributed by atoms with Crippen LogP contribution in [0.4, 0.5) is 0 Å². The van der Waals surface area contributed by atoms with E-state index in [-0.39, 0.29) is 0 Å². The molecule has 4 nitrogen and oxygen atoms in total. The minimum Gasteiger partial charge on any atom is -0.493 e. The molecule has 0 spiro atoms. The summed E-state index contributed by atoms with van der Waals surface area (Å²) < 4.78 is 11.4. The van der Waals surface area contributed by atoms with Crippen molar-refractivity contribution < 1.29 is 9.47 Å². The van der Waals surface area contributed by atoms with E-state index in [2.05, 4.69) is 16.9 Å². The molecule has 0 saturated carbocycles. The lowest BCUT2D eigenvalue weighted by Gasteiger charge is -2.13. The van der Waals surface area contributed by atoms with Crippen molar-refractivity contribution in [2.24, 2.45) is 0 Å². The molecule has 0 aliphatic heterocycles. The highest BCUT2D eigenvalue weighted by Gasteiger charge is 2.15.